The molecule has 27 heteroatoms. The highest BCUT2D eigenvalue weighted by molar-refractivity contribution is 7.95. The lowest BCUT2D eigenvalue weighted by Gasteiger charge is -2.13. The fraction of sp³-hybridized carbons (Fsp3) is 0. The van der Waals surface area contributed by atoms with Crippen LogP contribution in [0.4, 0.5) is 0 Å². The van der Waals surface area contributed by atoms with Gasteiger partial charge in [-0.2, -0.15) is 16.8 Å². The normalized spacial score (nSPS) is 12.9. The van der Waals surface area contributed by atoms with E-state index in [1.54, 1.807) is 0 Å². The van der Waals surface area contributed by atoms with Gasteiger partial charge in [0.1, 0.15) is 21.3 Å². The molecule has 0 unspecified atom stereocenters. The van der Waals surface area contributed by atoms with Crippen molar-refractivity contribution in [1.29, 1.82) is 0 Å². The molecule has 51 heavy (non-hydrogen) atoms. The molecule has 0 radical (unpaired) electrons. The topological polar surface area (TPSA) is 329 Å². The number of aromatic hydroxyl groups is 2. The highest BCUT2D eigenvalue weighted by Gasteiger charge is 2.31. The maximum Gasteiger partial charge on any atom is 0.294 e. The van der Waals surface area contributed by atoms with E-state index in [1.807, 2.05) is 0 Å². The number of phenols is 2. The summed E-state index contributed by atoms with van der Waals surface area (Å²) in [5.41, 5.74) is 0. The van der Waals surface area contributed by atoms with Gasteiger partial charge in [0, 0.05) is 9.79 Å². The molecule has 0 heterocycles. The molecule has 0 fully saturated rings. The average Bonchev–Trinajstić information content (AvgIpc) is 3.05. The highest BCUT2D eigenvalue weighted by atomic mass is 32.2. The molecule has 0 aromatic heterocycles. The number of sulfone groups is 3. The minimum atomic E-state index is -5.08. The second kappa shape index (κ2) is 14.9. The van der Waals surface area contributed by atoms with Crippen LogP contribution in [-0.4, -0.2) is 71.9 Å². The SMILES string of the molecule is O=S(=O)(O)c1cc(SOOO)cc(S(=O)(=O)c2cc(S(=O)(=O)c3ccc(O)c(S(=O)(=O)c4cc(SOOO)cc(S(=O)(=O)O)c4)c3)ccc2O)c1. The molecule has 0 aliphatic rings. The van der Waals surface area contributed by atoms with Gasteiger partial charge in [0.2, 0.25) is 29.5 Å². The molecule has 4 aromatic rings. The Labute approximate surface area is 296 Å². The van der Waals surface area contributed by atoms with Crippen molar-refractivity contribution in [2.75, 3.05) is 0 Å². The summed E-state index contributed by atoms with van der Waals surface area (Å²) in [5, 5.41) is 44.5. The highest BCUT2D eigenvalue weighted by Crippen LogP contribution is 2.38. The van der Waals surface area contributed by atoms with E-state index in [0.29, 0.717) is 48.5 Å². The van der Waals surface area contributed by atoms with Gasteiger partial charge >= 0.3 is 0 Å². The Bertz CT molecular complexity index is 2400. The largest absolute Gasteiger partial charge is 0.507 e. The zero-order valence-corrected chi connectivity index (χ0v) is 29.9. The summed E-state index contributed by atoms with van der Waals surface area (Å²) in [7, 11) is -25.3. The standard InChI is InChI=1S/C24H18O20S7/c25-21-3-1-15(11-23(21)48(31,32)17-5-13(45-43-41-27)7-19(9-17)50(35,36)37)47(29,30)16-2-4-22(26)24(12-16)49(33,34)18-6-14(46-44-42-28)8-20(10-18)51(38,39)40/h1-12,25-28H,(H,35,36,37)(H,38,39,40). The van der Waals surface area contributed by atoms with Gasteiger partial charge in [0.25, 0.3) is 20.2 Å². The van der Waals surface area contributed by atoms with Crippen LogP contribution in [-0.2, 0) is 68.5 Å². The van der Waals surface area contributed by atoms with Crippen molar-refractivity contribution in [2.45, 2.75) is 49.0 Å². The van der Waals surface area contributed by atoms with Crippen molar-refractivity contribution in [3.05, 3.63) is 72.8 Å². The number of hydrogen-bond acceptors (Lipinski definition) is 20. The van der Waals surface area contributed by atoms with Crippen LogP contribution < -0.4 is 0 Å². The summed E-state index contributed by atoms with van der Waals surface area (Å²) < 4.78 is 156. The van der Waals surface area contributed by atoms with Crippen LogP contribution in [0.1, 0.15) is 0 Å². The van der Waals surface area contributed by atoms with Crippen LogP contribution in [0, 0.1) is 0 Å². The number of rotatable bonds is 14. The van der Waals surface area contributed by atoms with E-state index >= 15 is 0 Å². The van der Waals surface area contributed by atoms with Gasteiger partial charge in [0.05, 0.1) is 53.5 Å². The third-order valence-electron chi connectivity index (χ3n) is 6.31. The van der Waals surface area contributed by atoms with Crippen LogP contribution in [0.25, 0.3) is 0 Å². The zero-order valence-electron chi connectivity index (χ0n) is 24.2. The van der Waals surface area contributed by atoms with E-state index in [2.05, 4.69) is 18.7 Å². The van der Waals surface area contributed by atoms with E-state index in [0.717, 1.165) is 24.3 Å². The van der Waals surface area contributed by atoms with E-state index in [4.69, 9.17) is 10.5 Å². The van der Waals surface area contributed by atoms with Crippen LogP contribution >= 0.6 is 24.1 Å². The van der Waals surface area contributed by atoms with Crippen LogP contribution in [0.3, 0.4) is 0 Å². The zero-order chi connectivity index (χ0) is 38.2. The molecule has 6 N–H and O–H groups in total. The fourth-order valence-corrected chi connectivity index (χ4v) is 10.9. The average molecular weight is 851 g/mol. The van der Waals surface area contributed by atoms with Gasteiger partial charge in [-0.1, -0.05) is 10.1 Å². The molecule has 0 amide bonds. The Kier molecular flexibility index (Phi) is 11.8. The van der Waals surface area contributed by atoms with E-state index in [1.165, 1.54) is 0 Å². The summed E-state index contributed by atoms with van der Waals surface area (Å²) in [4.78, 5) is -8.70. The summed E-state index contributed by atoms with van der Waals surface area (Å²) in [6.45, 7) is 0. The second-order valence-corrected chi connectivity index (χ2v) is 19.6. The molecule has 0 spiro atoms. The Morgan fingerprint density at radius 2 is 0.765 bits per heavy atom. The summed E-state index contributed by atoms with van der Waals surface area (Å²) in [6, 6.07) is 7.38. The summed E-state index contributed by atoms with van der Waals surface area (Å²) in [6.07, 6.45) is 0. The number of hydrogen-bond donors (Lipinski definition) is 6. The molecule has 0 saturated carbocycles. The number of phenolic OH excluding ortho intramolecular Hbond substituents is 2. The monoisotopic (exact) mass is 850 g/mol. The fourth-order valence-electron chi connectivity index (χ4n) is 4.05. The maximum atomic E-state index is 13.7. The quantitative estimate of drug-likeness (QED) is 0.0459. The third kappa shape index (κ3) is 8.81. The molecule has 276 valence electrons. The predicted octanol–water partition coefficient (Wildman–Crippen LogP) is 2.95. The van der Waals surface area contributed by atoms with E-state index in [-0.39, 0.29) is 33.9 Å². The van der Waals surface area contributed by atoms with Gasteiger partial charge in [0.15, 0.2) is 0 Å². The maximum absolute atomic E-state index is 13.7. The Hall–Kier alpha value is -3.39. The molecule has 0 bridgehead atoms. The number of benzene rings is 4. The Balaban J connectivity index is 1.86. The van der Waals surface area contributed by atoms with Crippen molar-refractivity contribution in [3.63, 3.8) is 0 Å². The second-order valence-electron chi connectivity index (χ2n) is 9.45. The predicted molar refractivity (Wildman–Crippen MR) is 166 cm³/mol. The molecule has 0 saturated heterocycles. The minimum absolute atomic E-state index is 0.0885. The van der Waals surface area contributed by atoms with Crippen molar-refractivity contribution in [3.8, 4) is 11.5 Å². The molecule has 0 aliphatic carbocycles. The van der Waals surface area contributed by atoms with Gasteiger partial charge in [-0.3, -0.25) is 9.11 Å². The minimum Gasteiger partial charge on any atom is -0.507 e. The van der Waals surface area contributed by atoms with Crippen LogP contribution in [0.5, 0.6) is 11.5 Å². The Morgan fingerprint density at radius 3 is 1.08 bits per heavy atom. The molecule has 0 atom stereocenters. The lowest BCUT2D eigenvalue weighted by atomic mass is 10.3. The molecule has 0 aliphatic heterocycles. The molecule has 4 aromatic carbocycles. The molecular weight excluding hydrogens is 833 g/mol. The molecule has 4 rings (SSSR count). The van der Waals surface area contributed by atoms with Crippen molar-refractivity contribution in [2.24, 2.45) is 0 Å². The smallest absolute Gasteiger partial charge is 0.294 e. The van der Waals surface area contributed by atoms with Crippen molar-refractivity contribution >= 4 is 73.8 Å². The Morgan fingerprint density at radius 1 is 0.431 bits per heavy atom. The van der Waals surface area contributed by atoms with Gasteiger partial charge in [-0.25, -0.2) is 35.8 Å². The first-order chi connectivity index (χ1) is 23.5. The first kappa shape index (κ1) is 40.4. The lowest BCUT2D eigenvalue weighted by Crippen LogP contribution is -2.10. The van der Waals surface area contributed by atoms with Crippen LogP contribution in [0.2, 0.25) is 0 Å². The molecular formula is C24H18O20S7. The lowest BCUT2D eigenvalue weighted by molar-refractivity contribution is -0.432. The third-order valence-corrected chi connectivity index (χ3v) is 14.4. The first-order valence-electron chi connectivity index (χ1n) is 12.5. The summed E-state index contributed by atoms with van der Waals surface area (Å²) in [5.74, 6) is -2.10. The van der Waals surface area contributed by atoms with Gasteiger partial charge in [-0.05, 0) is 72.8 Å². The van der Waals surface area contributed by atoms with Crippen molar-refractivity contribution in [1.82, 2.24) is 0 Å². The van der Waals surface area contributed by atoms with Gasteiger partial charge < -0.3 is 10.2 Å². The van der Waals surface area contributed by atoms with E-state index < -0.39 is 100 Å². The van der Waals surface area contributed by atoms with Crippen LogP contribution in [0.15, 0.2) is 122 Å². The van der Waals surface area contributed by atoms with Gasteiger partial charge in [-0.15, -0.1) is 8.67 Å². The van der Waals surface area contributed by atoms with E-state index in [9.17, 15) is 61.4 Å². The molecule has 20 nitrogen and oxygen atoms in total. The first-order valence-corrected chi connectivity index (χ1v) is 21.3. The summed E-state index contributed by atoms with van der Waals surface area (Å²) >= 11 is 0.177. The van der Waals surface area contributed by atoms with Crippen molar-refractivity contribution < 1.29 is 90.7 Å².